The van der Waals surface area contributed by atoms with E-state index in [0.29, 0.717) is 5.75 Å². The van der Waals surface area contributed by atoms with Crippen LogP contribution in [0.4, 0.5) is 5.69 Å². The Hall–Kier alpha value is -2.90. The lowest BCUT2D eigenvalue weighted by Gasteiger charge is -2.32. The molecule has 0 radical (unpaired) electrons. The average Bonchev–Trinajstić information content (AvgIpc) is 2.58. The molecule has 0 bridgehead atoms. The molecule has 8 nitrogen and oxygen atoms in total. The number of ether oxygens (including phenoxy) is 2. The number of fused-ring (bicyclic) bond motifs is 1. The molecule has 1 atom stereocenters. The van der Waals surface area contributed by atoms with Crippen molar-refractivity contribution in [2.24, 2.45) is 0 Å². The number of aliphatic carboxylic acids is 1. The largest absolute Gasteiger partial charge is 0.482 e. The molecule has 1 aromatic carbocycles. The summed E-state index contributed by atoms with van der Waals surface area (Å²) in [5, 5.41) is 9.20. The first-order chi connectivity index (χ1) is 11.8. The van der Waals surface area contributed by atoms with E-state index < -0.39 is 23.9 Å². The molecule has 1 heterocycles. The van der Waals surface area contributed by atoms with E-state index in [1.807, 2.05) is 0 Å². The number of benzene rings is 1. The maximum atomic E-state index is 12.3. The smallest absolute Gasteiger partial charge is 0.326 e. The first kappa shape index (κ1) is 18.4. The maximum absolute atomic E-state index is 12.3. The lowest BCUT2D eigenvalue weighted by molar-refractivity contribution is -0.143. The van der Waals surface area contributed by atoms with Gasteiger partial charge in [-0.05, 0) is 32.0 Å². The fourth-order valence-electron chi connectivity index (χ4n) is 2.47. The maximum Gasteiger partial charge on any atom is 0.326 e. The van der Waals surface area contributed by atoms with E-state index in [0.717, 1.165) is 4.90 Å². The summed E-state index contributed by atoms with van der Waals surface area (Å²) in [7, 11) is 0. The molecule has 1 aliphatic rings. The second-order valence-electron chi connectivity index (χ2n) is 5.48. The topological polar surface area (TPSA) is 110 Å². The second kappa shape index (κ2) is 7.78. The van der Waals surface area contributed by atoms with Gasteiger partial charge in [-0.15, -0.1) is 0 Å². The summed E-state index contributed by atoms with van der Waals surface area (Å²) in [6.07, 6.45) is -0.0880. The highest BCUT2D eigenvalue weighted by Crippen LogP contribution is 2.34. The van der Waals surface area contributed by atoms with E-state index in [4.69, 9.17) is 9.47 Å². The molecule has 1 N–H and O–H groups in total. The van der Waals surface area contributed by atoms with Gasteiger partial charge in [0.1, 0.15) is 11.8 Å². The van der Waals surface area contributed by atoms with Gasteiger partial charge in [-0.3, -0.25) is 19.3 Å². The third-order valence-corrected chi connectivity index (χ3v) is 3.77. The number of rotatable bonds is 7. The molecule has 0 spiro atoms. The quantitative estimate of drug-likeness (QED) is 0.585. The number of anilines is 1. The number of hydrogen-bond acceptors (Lipinski definition) is 6. The van der Waals surface area contributed by atoms with Gasteiger partial charge in [-0.2, -0.15) is 0 Å². The Balaban J connectivity index is 2.24. The Kier molecular flexibility index (Phi) is 5.74. The minimum Gasteiger partial charge on any atom is -0.482 e. The molecule has 2 rings (SSSR count). The van der Waals surface area contributed by atoms with Crippen LogP contribution in [0.3, 0.4) is 0 Å². The predicted octanol–water partition coefficient (Wildman–Crippen LogP) is 1.41. The van der Waals surface area contributed by atoms with Gasteiger partial charge >= 0.3 is 11.9 Å². The fourth-order valence-corrected chi connectivity index (χ4v) is 2.47. The Morgan fingerprint density at radius 3 is 2.68 bits per heavy atom. The van der Waals surface area contributed by atoms with Crippen LogP contribution in [-0.4, -0.2) is 48.0 Å². The number of Topliss-reactive ketones (excluding diaryl/α,β-unsaturated/α-hetero) is 1. The number of ketones is 1. The van der Waals surface area contributed by atoms with Crippen LogP contribution in [0.15, 0.2) is 18.2 Å². The van der Waals surface area contributed by atoms with Gasteiger partial charge < -0.3 is 14.6 Å². The lowest BCUT2D eigenvalue weighted by Crippen LogP contribution is -2.48. The van der Waals surface area contributed by atoms with Crippen molar-refractivity contribution in [1.29, 1.82) is 0 Å². The van der Waals surface area contributed by atoms with Crippen molar-refractivity contribution in [3.63, 3.8) is 0 Å². The second-order valence-corrected chi connectivity index (χ2v) is 5.48. The van der Waals surface area contributed by atoms with Crippen LogP contribution in [0.2, 0.25) is 0 Å². The summed E-state index contributed by atoms with van der Waals surface area (Å²) < 4.78 is 10.1. The Morgan fingerprint density at radius 1 is 1.32 bits per heavy atom. The highest BCUT2D eigenvalue weighted by atomic mass is 16.5. The number of amides is 1. The van der Waals surface area contributed by atoms with Crippen molar-refractivity contribution in [2.45, 2.75) is 32.7 Å². The molecule has 1 unspecified atom stereocenters. The van der Waals surface area contributed by atoms with Crippen LogP contribution in [-0.2, 0) is 19.1 Å². The molecule has 0 saturated heterocycles. The summed E-state index contributed by atoms with van der Waals surface area (Å²) in [6, 6.07) is 3.35. The van der Waals surface area contributed by atoms with E-state index in [-0.39, 0.29) is 43.1 Å². The van der Waals surface area contributed by atoms with Gasteiger partial charge in [0, 0.05) is 12.0 Å². The van der Waals surface area contributed by atoms with Gasteiger partial charge in [0.25, 0.3) is 5.91 Å². The minimum atomic E-state index is -1.17. The van der Waals surface area contributed by atoms with Gasteiger partial charge in [-0.25, -0.2) is 4.79 Å². The van der Waals surface area contributed by atoms with Gasteiger partial charge in [0.15, 0.2) is 12.4 Å². The van der Waals surface area contributed by atoms with Crippen LogP contribution in [0.25, 0.3) is 0 Å². The Morgan fingerprint density at radius 2 is 2.04 bits per heavy atom. The third-order valence-electron chi connectivity index (χ3n) is 3.77. The molecule has 0 fully saturated rings. The molecule has 134 valence electrons. The number of nitrogens with zero attached hydrogens (tertiary/aromatic N) is 1. The highest BCUT2D eigenvalue weighted by Gasteiger charge is 2.33. The fraction of sp³-hybridized carbons (Fsp3) is 0.412. The van der Waals surface area contributed by atoms with Crippen molar-refractivity contribution < 1.29 is 33.8 Å². The van der Waals surface area contributed by atoms with Gasteiger partial charge in [0.05, 0.1) is 18.7 Å². The molecule has 1 aromatic rings. The van der Waals surface area contributed by atoms with Crippen molar-refractivity contribution in [2.75, 3.05) is 18.1 Å². The first-order valence-corrected chi connectivity index (χ1v) is 7.85. The van der Waals surface area contributed by atoms with Crippen LogP contribution in [0, 0.1) is 0 Å². The normalized spacial score (nSPS) is 14.3. The molecular formula is C17H19NO7. The van der Waals surface area contributed by atoms with Crippen LogP contribution in [0.5, 0.6) is 5.75 Å². The molecule has 1 aliphatic heterocycles. The zero-order chi connectivity index (χ0) is 18.6. The van der Waals surface area contributed by atoms with Crippen LogP contribution in [0.1, 0.15) is 37.0 Å². The molecule has 8 heteroatoms. The Bertz CT molecular complexity index is 713. The third kappa shape index (κ3) is 4.14. The SMILES string of the molecule is CCOC(=O)CCC(=O)c1ccc2c(c1)N(C(C)C(=O)O)C(=O)CO2. The van der Waals surface area contributed by atoms with Crippen LogP contribution < -0.4 is 9.64 Å². The number of carbonyl (C=O) groups is 4. The van der Waals surface area contributed by atoms with E-state index >= 15 is 0 Å². The summed E-state index contributed by atoms with van der Waals surface area (Å²) in [5.41, 5.74) is 0.497. The van der Waals surface area contributed by atoms with E-state index in [1.165, 1.54) is 25.1 Å². The number of carbonyl (C=O) groups excluding carboxylic acids is 3. The van der Waals surface area contributed by atoms with Gasteiger partial charge in [0.2, 0.25) is 0 Å². The van der Waals surface area contributed by atoms with E-state index in [1.54, 1.807) is 6.92 Å². The molecule has 0 aromatic heterocycles. The van der Waals surface area contributed by atoms with Crippen molar-refractivity contribution >= 4 is 29.3 Å². The van der Waals surface area contributed by atoms with Crippen molar-refractivity contribution in [3.8, 4) is 5.75 Å². The van der Waals surface area contributed by atoms with Crippen LogP contribution >= 0.6 is 0 Å². The number of hydrogen-bond donors (Lipinski definition) is 1. The molecule has 1 amide bonds. The summed E-state index contributed by atoms with van der Waals surface area (Å²) in [5.74, 6) is -2.11. The molecular weight excluding hydrogens is 330 g/mol. The number of carboxylic acid groups (broad SMARTS) is 1. The number of esters is 1. The lowest BCUT2D eigenvalue weighted by atomic mass is 10.0. The molecule has 25 heavy (non-hydrogen) atoms. The monoisotopic (exact) mass is 349 g/mol. The van der Waals surface area contributed by atoms with E-state index in [9.17, 15) is 24.3 Å². The summed E-state index contributed by atoms with van der Waals surface area (Å²) in [6.45, 7) is 3.04. The zero-order valence-electron chi connectivity index (χ0n) is 14.0. The minimum absolute atomic E-state index is 0.0408. The van der Waals surface area contributed by atoms with Crippen molar-refractivity contribution in [1.82, 2.24) is 0 Å². The predicted molar refractivity (Wildman–Crippen MR) is 86.7 cm³/mol. The Labute approximate surface area is 144 Å². The highest BCUT2D eigenvalue weighted by molar-refractivity contribution is 6.05. The zero-order valence-corrected chi connectivity index (χ0v) is 14.0. The average molecular weight is 349 g/mol. The van der Waals surface area contributed by atoms with Crippen molar-refractivity contribution in [3.05, 3.63) is 23.8 Å². The summed E-state index contributed by atoms with van der Waals surface area (Å²) >= 11 is 0. The van der Waals surface area contributed by atoms with Gasteiger partial charge in [-0.1, -0.05) is 0 Å². The molecule has 0 aliphatic carbocycles. The number of carboxylic acids is 1. The standard InChI is InChI=1S/C17H19NO7/c1-3-24-16(21)7-5-13(19)11-4-6-14-12(8-11)18(10(2)17(22)23)15(20)9-25-14/h4,6,8,10H,3,5,7,9H2,1-2H3,(H,22,23). The first-order valence-electron chi connectivity index (χ1n) is 7.85. The van der Waals surface area contributed by atoms with E-state index in [2.05, 4.69) is 0 Å². The summed E-state index contributed by atoms with van der Waals surface area (Å²) in [4.78, 5) is 48.0. The molecule has 0 saturated carbocycles.